The molecule has 1 aromatic heterocycles. The summed E-state index contributed by atoms with van der Waals surface area (Å²) in [6.07, 6.45) is -4.35. The molecule has 1 aliphatic rings. The Morgan fingerprint density at radius 3 is 2.36 bits per heavy atom. The van der Waals surface area contributed by atoms with E-state index in [-0.39, 0.29) is 12.0 Å². The van der Waals surface area contributed by atoms with E-state index in [2.05, 4.69) is 16.4 Å². The van der Waals surface area contributed by atoms with E-state index >= 15 is 0 Å². The van der Waals surface area contributed by atoms with Crippen LogP contribution >= 0.6 is 0 Å². The van der Waals surface area contributed by atoms with Gasteiger partial charge in [-0.15, -0.1) is 0 Å². The number of methoxy groups -OCH3 is 2. The number of rotatable bonds is 4. The number of aromatic amines is 1. The van der Waals surface area contributed by atoms with Crippen LogP contribution in [-0.2, 0) is 6.18 Å². The summed E-state index contributed by atoms with van der Waals surface area (Å²) in [5.41, 5.74) is 4.35. The second-order valence-corrected chi connectivity index (χ2v) is 8.20. The quantitative estimate of drug-likeness (QED) is 0.457. The van der Waals surface area contributed by atoms with Crippen LogP contribution in [0.4, 0.5) is 13.2 Å². The van der Waals surface area contributed by atoms with Crippen molar-refractivity contribution in [3.05, 3.63) is 94.7 Å². The van der Waals surface area contributed by atoms with Gasteiger partial charge in [0.05, 0.1) is 37.9 Å². The molecule has 33 heavy (non-hydrogen) atoms. The van der Waals surface area contributed by atoms with Crippen molar-refractivity contribution in [1.82, 2.24) is 4.98 Å². The molecule has 0 unspecified atom stereocenters. The lowest BCUT2D eigenvalue weighted by molar-refractivity contribution is -0.692. The summed E-state index contributed by atoms with van der Waals surface area (Å²) < 4.78 is 50.5. The van der Waals surface area contributed by atoms with Crippen LogP contribution in [0.5, 0.6) is 11.5 Å². The lowest BCUT2D eigenvalue weighted by Crippen LogP contribution is -2.88. The van der Waals surface area contributed by atoms with Crippen LogP contribution in [0.1, 0.15) is 39.9 Å². The molecule has 0 fully saturated rings. The molecule has 0 amide bonds. The Morgan fingerprint density at radius 1 is 0.909 bits per heavy atom. The van der Waals surface area contributed by atoms with Gasteiger partial charge in [-0.25, -0.2) is 0 Å². The van der Waals surface area contributed by atoms with E-state index in [1.54, 1.807) is 26.4 Å². The van der Waals surface area contributed by atoms with Crippen LogP contribution in [0.2, 0.25) is 0 Å². The van der Waals surface area contributed by atoms with E-state index in [4.69, 9.17) is 9.47 Å². The van der Waals surface area contributed by atoms with Gasteiger partial charge in [-0.1, -0.05) is 42.5 Å². The van der Waals surface area contributed by atoms with E-state index in [0.717, 1.165) is 45.4 Å². The molecule has 1 aliphatic heterocycles. The lowest BCUT2D eigenvalue weighted by Gasteiger charge is -2.29. The van der Waals surface area contributed by atoms with Crippen LogP contribution in [-0.4, -0.2) is 25.7 Å². The molecule has 0 aliphatic carbocycles. The first kappa shape index (κ1) is 21.4. The molecular formula is C26H24F3N2O2+. The SMILES string of the molecule is COc1cccc([C@@H]2C[NH2+][C@@H](c3ccc(C(F)(F)F)cc3)c3[nH]c4ccccc4c32)c1OC. The van der Waals surface area contributed by atoms with E-state index in [0.29, 0.717) is 18.0 Å². The van der Waals surface area contributed by atoms with Crippen LogP contribution in [0.15, 0.2) is 66.7 Å². The summed E-state index contributed by atoms with van der Waals surface area (Å²) in [5.74, 6) is 1.38. The lowest BCUT2D eigenvalue weighted by atomic mass is 9.82. The molecule has 3 aromatic carbocycles. The molecule has 0 bridgehead atoms. The van der Waals surface area contributed by atoms with Crippen molar-refractivity contribution in [1.29, 1.82) is 0 Å². The van der Waals surface area contributed by atoms with E-state index in [1.165, 1.54) is 0 Å². The fourth-order valence-corrected chi connectivity index (χ4v) is 4.96. The van der Waals surface area contributed by atoms with Gasteiger partial charge in [0.25, 0.3) is 0 Å². The standard InChI is InChI=1S/C26H23F3N2O2/c1-32-21-9-5-7-17(25(21)33-2)19-14-30-23(15-10-12-16(13-11-15)26(27,28)29)24-22(19)18-6-3-4-8-20(18)31-24/h3-13,19,23,30-31H,14H2,1-2H3/p+1/t19-,23-/m0/s1. The topological polar surface area (TPSA) is 50.9 Å². The second kappa shape index (κ2) is 8.15. The molecular weight excluding hydrogens is 429 g/mol. The van der Waals surface area contributed by atoms with Crippen molar-refractivity contribution in [3.8, 4) is 11.5 Å². The fraction of sp³-hybridized carbons (Fsp3) is 0.231. The Labute approximate surface area is 189 Å². The number of alkyl halides is 3. The molecule has 4 aromatic rings. The summed E-state index contributed by atoms with van der Waals surface area (Å²) in [6, 6.07) is 19.3. The Kier molecular flexibility index (Phi) is 5.29. The number of H-pyrrole nitrogens is 1. The Morgan fingerprint density at radius 2 is 1.67 bits per heavy atom. The zero-order valence-corrected chi connectivity index (χ0v) is 18.2. The number of nitrogens with two attached hydrogens (primary N) is 1. The van der Waals surface area contributed by atoms with Crippen molar-refractivity contribution < 1.29 is 28.0 Å². The minimum absolute atomic E-state index is 0.0203. The summed E-state index contributed by atoms with van der Waals surface area (Å²) in [4.78, 5) is 3.55. The molecule has 0 spiro atoms. The highest BCUT2D eigenvalue weighted by Crippen LogP contribution is 2.44. The van der Waals surface area contributed by atoms with Gasteiger partial charge < -0.3 is 19.8 Å². The Balaban J connectivity index is 1.65. The smallest absolute Gasteiger partial charge is 0.416 e. The number of hydrogen-bond acceptors (Lipinski definition) is 2. The monoisotopic (exact) mass is 453 g/mol. The number of fused-ring (bicyclic) bond motifs is 3. The van der Waals surface area contributed by atoms with Crippen LogP contribution in [0, 0.1) is 0 Å². The highest BCUT2D eigenvalue weighted by Gasteiger charge is 2.38. The third-order valence-corrected chi connectivity index (χ3v) is 6.45. The molecule has 170 valence electrons. The van der Waals surface area contributed by atoms with Gasteiger partial charge >= 0.3 is 6.18 Å². The molecule has 2 atom stereocenters. The number of ether oxygens (including phenoxy) is 2. The number of quaternary nitrogens is 1. The molecule has 4 nitrogen and oxygen atoms in total. The third kappa shape index (κ3) is 3.62. The molecule has 3 N–H and O–H groups in total. The molecule has 7 heteroatoms. The van der Waals surface area contributed by atoms with Gasteiger partial charge in [-0.05, 0) is 24.3 Å². The van der Waals surface area contributed by atoms with Gasteiger partial charge in [0.2, 0.25) is 0 Å². The molecule has 0 saturated carbocycles. The van der Waals surface area contributed by atoms with Crippen LogP contribution in [0.3, 0.4) is 0 Å². The van der Waals surface area contributed by atoms with E-state index < -0.39 is 11.7 Å². The van der Waals surface area contributed by atoms with E-state index in [9.17, 15) is 13.2 Å². The predicted octanol–water partition coefficient (Wildman–Crippen LogP) is 5.00. The van der Waals surface area contributed by atoms with Crippen LogP contribution in [0.25, 0.3) is 10.9 Å². The summed E-state index contributed by atoms with van der Waals surface area (Å²) >= 11 is 0. The van der Waals surface area contributed by atoms with Gasteiger partial charge in [-0.3, -0.25) is 0 Å². The maximum absolute atomic E-state index is 13.1. The minimum atomic E-state index is -4.35. The van der Waals surface area contributed by atoms with Crippen molar-refractivity contribution in [2.45, 2.75) is 18.1 Å². The highest BCUT2D eigenvalue weighted by atomic mass is 19.4. The van der Waals surface area contributed by atoms with E-state index in [1.807, 2.05) is 36.4 Å². The Hall–Kier alpha value is -3.45. The van der Waals surface area contributed by atoms with Crippen molar-refractivity contribution >= 4 is 10.9 Å². The molecule has 0 saturated heterocycles. The van der Waals surface area contributed by atoms with Gasteiger partial charge in [0.15, 0.2) is 17.5 Å². The number of para-hydroxylation sites is 2. The van der Waals surface area contributed by atoms with Gasteiger partial charge in [0, 0.05) is 27.6 Å². The summed E-state index contributed by atoms with van der Waals surface area (Å²) in [6.45, 7) is 0.712. The third-order valence-electron chi connectivity index (χ3n) is 6.45. The number of hydrogen-bond donors (Lipinski definition) is 2. The normalized spacial score (nSPS) is 18.2. The maximum Gasteiger partial charge on any atom is 0.416 e. The first-order valence-electron chi connectivity index (χ1n) is 10.7. The first-order valence-corrected chi connectivity index (χ1v) is 10.7. The zero-order valence-electron chi connectivity index (χ0n) is 18.2. The van der Waals surface area contributed by atoms with Crippen molar-refractivity contribution in [3.63, 3.8) is 0 Å². The largest absolute Gasteiger partial charge is 0.493 e. The van der Waals surface area contributed by atoms with Gasteiger partial charge in [-0.2, -0.15) is 13.2 Å². The fourth-order valence-electron chi connectivity index (χ4n) is 4.96. The average Bonchev–Trinajstić information content (AvgIpc) is 3.22. The summed E-state index contributed by atoms with van der Waals surface area (Å²) in [7, 11) is 3.25. The summed E-state index contributed by atoms with van der Waals surface area (Å²) in [5, 5.41) is 3.27. The van der Waals surface area contributed by atoms with Gasteiger partial charge in [0.1, 0.15) is 0 Å². The number of halogens is 3. The van der Waals surface area contributed by atoms with Crippen molar-refractivity contribution in [2.75, 3.05) is 20.8 Å². The molecule has 0 radical (unpaired) electrons. The highest BCUT2D eigenvalue weighted by molar-refractivity contribution is 5.86. The number of benzene rings is 3. The second-order valence-electron chi connectivity index (χ2n) is 8.20. The average molecular weight is 453 g/mol. The molecule has 5 rings (SSSR count). The predicted molar refractivity (Wildman–Crippen MR) is 120 cm³/mol. The maximum atomic E-state index is 13.1. The van der Waals surface area contributed by atoms with Crippen molar-refractivity contribution in [2.24, 2.45) is 0 Å². The minimum Gasteiger partial charge on any atom is -0.493 e. The number of nitrogens with one attached hydrogen (secondary N) is 1. The molecule has 2 heterocycles. The first-order chi connectivity index (χ1) is 15.9. The number of aromatic nitrogens is 1. The van der Waals surface area contributed by atoms with Crippen LogP contribution < -0.4 is 14.8 Å². The Bertz CT molecular complexity index is 1300. The zero-order chi connectivity index (χ0) is 23.2.